The molecule has 0 aliphatic carbocycles. The summed E-state index contributed by atoms with van der Waals surface area (Å²) in [5, 5.41) is 11.2. The fourth-order valence-corrected chi connectivity index (χ4v) is 1.79. The molecule has 1 heterocycles. The Morgan fingerprint density at radius 2 is 2.07 bits per heavy atom. The van der Waals surface area contributed by atoms with Crippen molar-refractivity contribution in [1.29, 1.82) is 0 Å². The number of methoxy groups -OCH3 is 1. The molecule has 0 amide bonds. The van der Waals surface area contributed by atoms with E-state index in [0.717, 1.165) is 11.3 Å². The van der Waals surface area contributed by atoms with Gasteiger partial charge in [-0.2, -0.15) is 4.89 Å². The zero-order valence-corrected chi connectivity index (χ0v) is 8.34. The first-order chi connectivity index (χ1) is 6.81. The minimum atomic E-state index is -0.292. The van der Waals surface area contributed by atoms with Crippen molar-refractivity contribution in [2.75, 3.05) is 7.11 Å². The van der Waals surface area contributed by atoms with Crippen LogP contribution in [0.5, 0.6) is 5.75 Å². The molecule has 0 unspecified atom stereocenters. The highest BCUT2D eigenvalue weighted by atomic mass is 32.2. The quantitative estimate of drug-likeness (QED) is 0.690. The van der Waals surface area contributed by atoms with Crippen molar-refractivity contribution in [2.45, 2.75) is 0 Å². The Labute approximate surface area is 85.6 Å². The summed E-state index contributed by atoms with van der Waals surface area (Å²) >= 11 is 1.30. The zero-order chi connectivity index (χ0) is 9.97. The number of hydrogen-bond donors (Lipinski definition) is 1. The average molecular weight is 211 g/mol. The summed E-state index contributed by atoms with van der Waals surface area (Å²) in [5.41, 5.74) is 0.856. The second kappa shape index (κ2) is 3.81. The Kier molecular flexibility index (Phi) is 2.51. The van der Waals surface area contributed by atoms with Crippen LogP contribution in [0.15, 0.2) is 30.2 Å². The molecule has 1 aliphatic rings. The van der Waals surface area contributed by atoms with E-state index in [1.165, 1.54) is 16.8 Å². The third-order valence-corrected chi connectivity index (χ3v) is 2.69. The molecule has 14 heavy (non-hydrogen) atoms. The number of nitrogens with two attached hydrogens (primary N) is 1. The number of rotatable bonds is 2. The van der Waals surface area contributed by atoms with Gasteiger partial charge in [0.15, 0.2) is 0 Å². The van der Waals surface area contributed by atoms with E-state index >= 15 is 0 Å². The first-order valence-electron chi connectivity index (χ1n) is 4.02. The molecular weight excluding hydrogens is 202 g/mol. The lowest BCUT2D eigenvalue weighted by atomic mass is 10.2. The Morgan fingerprint density at radius 1 is 1.36 bits per heavy atom. The van der Waals surface area contributed by atoms with Crippen LogP contribution in [0, 0.1) is 0 Å². The largest absolute Gasteiger partial charge is 0.540 e. The highest BCUT2D eigenvalue weighted by Crippen LogP contribution is 2.28. The summed E-state index contributed by atoms with van der Waals surface area (Å²) in [7, 11) is 1.61. The van der Waals surface area contributed by atoms with Crippen LogP contribution in [0.25, 0.3) is 4.91 Å². The fourth-order valence-electron chi connectivity index (χ4n) is 1.15. The van der Waals surface area contributed by atoms with Crippen molar-refractivity contribution in [3.8, 4) is 5.75 Å². The second-order valence-electron chi connectivity index (χ2n) is 2.68. The van der Waals surface area contributed by atoms with Crippen molar-refractivity contribution < 1.29 is 19.6 Å². The van der Waals surface area contributed by atoms with Gasteiger partial charge in [-0.15, -0.1) is 0 Å². The molecule has 0 radical (unpaired) electrons. The van der Waals surface area contributed by atoms with Gasteiger partial charge < -0.3 is 14.7 Å². The maximum atomic E-state index is 11.2. The molecule has 0 atom stereocenters. The number of quaternary nitrogens is 1. The second-order valence-corrected chi connectivity index (χ2v) is 3.51. The minimum absolute atomic E-state index is 0.292. The molecule has 1 aromatic rings. The predicted octanol–water partition coefficient (Wildman–Crippen LogP) is -0.162. The van der Waals surface area contributed by atoms with Crippen LogP contribution in [0.4, 0.5) is 0 Å². The maximum Gasteiger partial charge on any atom is 0.139 e. The third-order valence-electron chi connectivity index (χ3n) is 1.86. The van der Waals surface area contributed by atoms with E-state index in [0.29, 0.717) is 4.91 Å². The van der Waals surface area contributed by atoms with E-state index in [1.807, 2.05) is 24.3 Å². The molecule has 4 nitrogen and oxygen atoms in total. The predicted molar refractivity (Wildman–Crippen MR) is 50.5 cm³/mol. The fraction of sp³-hybridized carbons (Fsp3) is 0.111. The lowest BCUT2D eigenvalue weighted by Gasteiger charge is -2.03. The molecule has 1 aliphatic heterocycles. The molecule has 0 bridgehead atoms. The first-order valence-corrected chi connectivity index (χ1v) is 4.90. The molecule has 0 saturated heterocycles. The smallest absolute Gasteiger partial charge is 0.139 e. The summed E-state index contributed by atoms with van der Waals surface area (Å²) in [5.74, 6) is 0.481. The summed E-state index contributed by atoms with van der Waals surface area (Å²) < 4.78 is 5.02. The molecule has 0 saturated carbocycles. The third kappa shape index (κ3) is 1.64. The Bertz CT molecular complexity index is 361. The molecule has 1 aromatic carbocycles. The van der Waals surface area contributed by atoms with Crippen LogP contribution in [0.1, 0.15) is 5.56 Å². The van der Waals surface area contributed by atoms with Crippen molar-refractivity contribution >= 4 is 16.9 Å². The van der Waals surface area contributed by atoms with Gasteiger partial charge in [-0.3, -0.25) is 0 Å². The van der Waals surface area contributed by atoms with E-state index in [9.17, 15) is 5.11 Å². The van der Waals surface area contributed by atoms with E-state index in [1.54, 1.807) is 7.11 Å². The van der Waals surface area contributed by atoms with Gasteiger partial charge in [0, 0.05) is 0 Å². The van der Waals surface area contributed by atoms with Crippen molar-refractivity contribution in [2.24, 2.45) is 0 Å². The van der Waals surface area contributed by atoms with Crippen LogP contribution in [0.3, 0.4) is 0 Å². The summed E-state index contributed by atoms with van der Waals surface area (Å²) in [6.07, 6.45) is 0. The van der Waals surface area contributed by atoms with E-state index in [2.05, 4.69) is 0 Å². The highest BCUT2D eigenvalue weighted by molar-refractivity contribution is 8.02. The minimum Gasteiger partial charge on any atom is -0.540 e. The molecule has 2 rings (SSSR count). The SMILES string of the molecule is COc1ccc(C2=C([O-])O[NH2+]S2)cc1. The Hall–Kier alpha value is -1.33. The number of hydrogen-bond acceptors (Lipinski definition) is 4. The molecule has 74 valence electrons. The van der Waals surface area contributed by atoms with Gasteiger partial charge in [0.05, 0.1) is 7.11 Å². The van der Waals surface area contributed by atoms with Gasteiger partial charge in [-0.1, -0.05) is 0 Å². The van der Waals surface area contributed by atoms with Crippen LogP contribution in [-0.4, -0.2) is 7.11 Å². The lowest BCUT2D eigenvalue weighted by Crippen LogP contribution is -2.71. The van der Waals surface area contributed by atoms with Crippen molar-refractivity contribution in [1.82, 2.24) is 0 Å². The maximum absolute atomic E-state index is 11.2. The van der Waals surface area contributed by atoms with E-state index in [-0.39, 0.29) is 5.95 Å². The van der Waals surface area contributed by atoms with Gasteiger partial charge >= 0.3 is 0 Å². The van der Waals surface area contributed by atoms with Crippen LogP contribution >= 0.6 is 11.9 Å². The van der Waals surface area contributed by atoms with Gasteiger partial charge in [0.25, 0.3) is 0 Å². The van der Waals surface area contributed by atoms with E-state index < -0.39 is 0 Å². The van der Waals surface area contributed by atoms with Gasteiger partial charge in [-0.05, 0) is 29.8 Å². The summed E-state index contributed by atoms with van der Waals surface area (Å²) in [4.78, 5) is 6.76. The zero-order valence-electron chi connectivity index (χ0n) is 7.52. The number of ether oxygens (including phenoxy) is 1. The normalized spacial score (nSPS) is 15.5. The lowest BCUT2D eigenvalue weighted by molar-refractivity contribution is -0.775. The van der Waals surface area contributed by atoms with E-state index in [4.69, 9.17) is 9.57 Å². The van der Waals surface area contributed by atoms with Gasteiger partial charge in [0.1, 0.15) is 28.5 Å². The summed E-state index contributed by atoms with van der Waals surface area (Å²) in [6.45, 7) is 0. The number of benzene rings is 1. The average Bonchev–Trinajstić information content (AvgIpc) is 2.65. The summed E-state index contributed by atoms with van der Waals surface area (Å²) in [6, 6.07) is 7.30. The first kappa shape index (κ1) is 9.23. The Balaban J connectivity index is 2.29. The molecule has 0 fully saturated rings. The van der Waals surface area contributed by atoms with Crippen molar-refractivity contribution in [3.63, 3.8) is 0 Å². The van der Waals surface area contributed by atoms with Gasteiger partial charge in [-0.25, -0.2) is 0 Å². The van der Waals surface area contributed by atoms with Crippen LogP contribution in [-0.2, 0) is 4.84 Å². The topological polar surface area (TPSA) is 58.1 Å². The van der Waals surface area contributed by atoms with Crippen LogP contribution < -0.4 is 14.7 Å². The van der Waals surface area contributed by atoms with Crippen LogP contribution in [0.2, 0.25) is 0 Å². The Morgan fingerprint density at radius 3 is 2.57 bits per heavy atom. The molecule has 2 N–H and O–H groups in total. The molecular formula is C9H9NO3S. The van der Waals surface area contributed by atoms with Gasteiger partial charge in [0.2, 0.25) is 0 Å². The standard InChI is InChI=1S/C9H9NO3S/c1-12-7-4-2-6(3-5-7)8-9(11)13-10-14-8/h2-5,10-11H,1H3. The molecule has 0 aromatic heterocycles. The monoisotopic (exact) mass is 211 g/mol. The van der Waals surface area contributed by atoms with Crippen molar-refractivity contribution in [3.05, 3.63) is 35.8 Å². The molecule has 5 heteroatoms. The molecule has 0 spiro atoms. The highest BCUT2D eigenvalue weighted by Gasteiger charge is 2.15.